The number of benzene rings is 1. The molecule has 178 valence electrons. The lowest BCUT2D eigenvalue weighted by Gasteiger charge is -2.34. The van der Waals surface area contributed by atoms with Crippen molar-refractivity contribution < 1.29 is 9.53 Å². The predicted octanol–water partition coefficient (Wildman–Crippen LogP) is 4.49. The smallest absolute Gasteiger partial charge is 0.225 e. The summed E-state index contributed by atoms with van der Waals surface area (Å²) in [5, 5.41) is 6.98. The molecule has 0 bridgehead atoms. The number of hydrogen-bond acceptors (Lipinski definition) is 3. The fourth-order valence-corrected chi connectivity index (χ4v) is 4.82. The van der Waals surface area contributed by atoms with Crippen molar-refractivity contribution in [1.82, 2.24) is 15.5 Å². The van der Waals surface area contributed by atoms with Gasteiger partial charge in [0.05, 0.1) is 6.10 Å². The first-order valence-corrected chi connectivity index (χ1v) is 12.6. The molecule has 0 unspecified atom stereocenters. The third-order valence-corrected chi connectivity index (χ3v) is 6.92. The second-order valence-corrected chi connectivity index (χ2v) is 9.21. The number of likely N-dealkylation sites (tertiary alicyclic amines) is 1. The normalized spacial score (nSPS) is 18.6. The van der Waals surface area contributed by atoms with Gasteiger partial charge in [0, 0.05) is 38.6 Å². The molecular weight excluding hydrogens is 400 g/mol. The highest BCUT2D eigenvalue weighted by atomic mass is 16.5. The molecule has 32 heavy (non-hydrogen) atoms. The van der Waals surface area contributed by atoms with Crippen molar-refractivity contribution >= 4 is 11.9 Å². The molecule has 1 aromatic carbocycles. The van der Waals surface area contributed by atoms with Crippen LogP contribution in [0, 0.1) is 5.92 Å². The van der Waals surface area contributed by atoms with Gasteiger partial charge < -0.3 is 20.3 Å². The molecule has 1 aliphatic carbocycles. The van der Waals surface area contributed by atoms with E-state index in [1.165, 1.54) is 37.7 Å². The Kier molecular flexibility index (Phi) is 9.69. The van der Waals surface area contributed by atoms with E-state index in [9.17, 15) is 4.79 Å². The van der Waals surface area contributed by atoms with E-state index in [0.717, 1.165) is 50.5 Å². The van der Waals surface area contributed by atoms with Gasteiger partial charge in [0.1, 0.15) is 5.75 Å². The Labute approximate surface area is 194 Å². The Bertz CT molecular complexity index is 733. The maximum atomic E-state index is 12.6. The zero-order chi connectivity index (χ0) is 22.8. The fraction of sp³-hybridized carbons (Fsp3) is 0.692. The minimum atomic E-state index is 0.173. The molecule has 6 heteroatoms. The van der Waals surface area contributed by atoms with Crippen LogP contribution in [0.2, 0.25) is 0 Å². The number of rotatable bonds is 8. The van der Waals surface area contributed by atoms with Gasteiger partial charge in [-0.2, -0.15) is 0 Å². The molecule has 2 fully saturated rings. The molecule has 1 amide bonds. The number of guanidine groups is 1. The van der Waals surface area contributed by atoms with Gasteiger partial charge in [-0.25, -0.2) is 0 Å². The lowest BCUT2D eigenvalue weighted by atomic mass is 9.98. The molecule has 0 atom stereocenters. The summed E-state index contributed by atoms with van der Waals surface area (Å²) in [4.78, 5) is 19.1. The van der Waals surface area contributed by atoms with Crippen LogP contribution in [-0.2, 0) is 11.3 Å². The van der Waals surface area contributed by atoms with E-state index in [1.54, 1.807) is 0 Å². The summed E-state index contributed by atoms with van der Waals surface area (Å²) in [7, 11) is 1.81. The molecule has 0 radical (unpaired) electrons. The van der Waals surface area contributed by atoms with Gasteiger partial charge in [0.25, 0.3) is 0 Å². The maximum absolute atomic E-state index is 12.6. The number of amides is 1. The Morgan fingerprint density at radius 2 is 1.84 bits per heavy atom. The molecule has 3 rings (SSSR count). The zero-order valence-electron chi connectivity index (χ0n) is 20.2. The SMILES string of the molecule is CCC(CC)C(=O)N1CCC(NC(=NC)NCc2cccc(OC3CCCCC3)c2)CC1. The van der Waals surface area contributed by atoms with Crippen LogP contribution in [0.3, 0.4) is 0 Å². The topological polar surface area (TPSA) is 66.0 Å². The minimum absolute atomic E-state index is 0.173. The third kappa shape index (κ3) is 7.14. The molecular formula is C26H42N4O2. The minimum Gasteiger partial charge on any atom is -0.490 e. The van der Waals surface area contributed by atoms with E-state index in [0.29, 0.717) is 24.6 Å². The van der Waals surface area contributed by atoms with Crippen molar-refractivity contribution in [3.05, 3.63) is 29.8 Å². The quantitative estimate of drug-likeness (QED) is 0.460. The van der Waals surface area contributed by atoms with Crippen molar-refractivity contribution in [3.63, 3.8) is 0 Å². The van der Waals surface area contributed by atoms with Crippen molar-refractivity contribution in [1.29, 1.82) is 0 Å². The number of piperidine rings is 1. The molecule has 2 aliphatic rings. The molecule has 1 saturated carbocycles. The van der Waals surface area contributed by atoms with Crippen LogP contribution in [0.4, 0.5) is 0 Å². The van der Waals surface area contributed by atoms with E-state index in [2.05, 4.69) is 53.7 Å². The van der Waals surface area contributed by atoms with Crippen LogP contribution < -0.4 is 15.4 Å². The maximum Gasteiger partial charge on any atom is 0.225 e. The van der Waals surface area contributed by atoms with E-state index in [-0.39, 0.29) is 5.92 Å². The molecule has 1 aromatic rings. The zero-order valence-corrected chi connectivity index (χ0v) is 20.2. The fourth-order valence-electron chi connectivity index (χ4n) is 4.82. The third-order valence-electron chi connectivity index (χ3n) is 6.92. The second kappa shape index (κ2) is 12.7. The summed E-state index contributed by atoms with van der Waals surface area (Å²) < 4.78 is 6.21. The van der Waals surface area contributed by atoms with E-state index >= 15 is 0 Å². The highest BCUT2D eigenvalue weighted by Gasteiger charge is 2.26. The highest BCUT2D eigenvalue weighted by molar-refractivity contribution is 5.80. The van der Waals surface area contributed by atoms with Crippen molar-refractivity contribution in [3.8, 4) is 5.75 Å². The van der Waals surface area contributed by atoms with Gasteiger partial charge in [0.15, 0.2) is 5.96 Å². The van der Waals surface area contributed by atoms with Crippen LogP contribution in [0.1, 0.15) is 77.2 Å². The van der Waals surface area contributed by atoms with Crippen LogP contribution in [0.25, 0.3) is 0 Å². The first-order chi connectivity index (χ1) is 15.6. The lowest BCUT2D eigenvalue weighted by molar-refractivity contribution is -0.136. The lowest BCUT2D eigenvalue weighted by Crippen LogP contribution is -2.50. The Balaban J connectivity index is 1.43. The first kappa shape index (κ1) is 24.4. The van der Waals surface area contributed by atoms with Crippen LogP contribution in [0.15, 0.2) is 29.3 Å². The first-order valence-electron chi connectivity index (χ1n) is 12.6. The Morgan fingerprint density at radius 1 is 1.12 bits per heavy atom. The second-order valence-electron chi connectivity index (χ2n) is 9.21. The number of nitrogens with one attached hydrogen (secondary N) is 2. The number of aliphatic imine (C=N–C) groups is 1. The standard InChI is InChI=1S/C26H42N4O2/c1-4-21(5-2)25(31)30-16-14-22(15-17-30)29-26(27-3)28-19-20-10-9-13-24(18-20)32-23-11-7-6-8-12-23/h9-10,13,18,21-23H,4-8,11-12,14-17,19H2,1-3H3,(H2,27,28,29). The summed E-state index contributed by atoms with van der Waals surface area (Å²) >= 11 is 0. The summed E-state index contributed by atoms with van der Waals surface area (Å²) in [5.41, 5.74) is 1.19. The summed E-state index contributed by atoms with van der Waals surface area (Å²) in [6.45, 7) is 6.56. The van der Waals surface area contributed by atoms with Gasteiger partial charge >= 0.3 is 0 Å². The van der Waals surface area contributed by atoms with Crippen molar-refractivity contribution in [2.24, 2.45) is 10.9 Å². The monoisotopic (exact) mass is 442 g/mol. The molecule has 0 aromatic heterocycles. The molecule has 1 heterocycles. The molecule has 1 saturated heterocycles. The average molecular weight is 443 g/mol. The molecule has 2 N–H and O–H groups in total. The number of carbonyl (C=O) groups excluding carboxylic acids is 1. The number of carbonyl (C=O) groups is 1. The van der Waals surface area contributed by atoms with Gasteiger partial charge in [-0.15, -0.1) is 0 Å². The largest absolute Gasteiger partial charge is 0.490 e. The van der Waals surface area contributed by atoms with E-state index in [4.69, 9.17) is 4.74 Å². The van der Waals surface area contributed by atoms with Gasteiger partial charge in [-0.05, 0) is 69.1 Å². The van der Waals surface area contributed by atoms with E-state index < -0.39 is 0 Å². The summed E-state index contributed by atoms with van der Waals surface area (Å²) in [5.74, 6) is 2.28. The number of hydrogen-bond donors (Lipinski definition) is 2. The van der Waals surface area contributed by atoms with Crippen molar-refractivity contribution in [2.45, 2.75) is 90.3 Å². The van der Waals surface area contributed by atoms with Gasteiger partial charge in [-0.3, -0.25) is 9.79 Å². The van der Waals surface area contributed by atoms with E-state index in [1.807, 2.05) is 11.9 Å². The van der Waals surface area contributed by atoms with Gasteiger partial charge in [-0.1, -0.05) is 32.4 Å². The number of nitrogens with zero attached hydrogens (tertiary/aromatic N) is 2. The molecule has 1 aliphatic heterocycles. The average Bonchev–Trinajstić information content (AvgIpc) is 2.83. The van der Waals surface area contributed by atoms with Crippen molar-refractivity contribution in [2.75, 3.05) is 20.1 Å². The van der Waals surface area contributed by atoms with Crippen LogP contribution >= 0.6 is 0 Å². The summed E-state index contributed by atoms with van der Waals surface area (Å²) in [6.07, 6.45) is 10.4. The summed E-state index contributed by atoms with van der Waals surface area (Å²) in [6, 6.07) is 8.72. The Morgan fingerprint density at radius 3 is 2.50 bits per heavy atom. The predicted molar refractivity (Wildman–Crippen MR) is 131 cm³/mol. The number of ether oxygens (including phenoxy) is 1. The highest BCUT2D eigenvalue weighted by Crippen LogP contribution is 2.24. The molecule has 0 spiro atoms. The Hall–Kier alpha value is -2.24. The van der Waals surface area contributed by atoms with Gasteiger partial charge in [0.2, 0.25) is 5.91 Å². The van der Waals surface area contributed by atoms with Crippen LogP contribution in [-0.4, -0.2) is 49.0 Å². The van der Waals surface area contributed by atoms with Crippen LogP contribution in [0.5, 0.6) is 5.75 Å². The molecule has 6 nitrogen and oxygen atoms in total.